The first-order chi connectivity index (χ1) is 6.47. The molecule has 0 amide bonds. The molecule has 0 saturated heterocycles. The Morgan fingerprint density at radius 1 is 1.07 bits per heavy atom. The predicted molar refractivity (Wildman–Crippen MR) is 41.4 cm³/mol. The van der Waals surface area contributed by atoms with Crippen LogP contribution in [0.25, 0.3) is 0 Å². The summed E-state index contributed by atoms with van der Waals surface area (Å²) >= 11 is 0. The Labute approximate surface area is 83.9 Å². The largest absolute Gasteiger partial charge is 0.278 e. The smallest absolute Gasteiger partial charge is 0.183 e. The number of hydrogen-bond donors (Lipinski definition) is 0. The molecular formula is C9H9ClO4. The highest BCUT2D eigenvalue weighted by atomic mass is 35.7. The summed E-state index contributed by atoms with van der Waals surface area (Å²) in [4.78, 5) is 0. The molecule has 0 aromatic heterocycles. The lowest BCUT2D eigenvalue weighted by atomic mass is 10.0. The molecule has 0 radical (unpaired) electrons. The molecule has 1 rings (SSSR count). The van der Waals surface area contributed by atoms with Crippen molar-refractivity contribution >= 4 is 0 Å². The van der Waals surface area contributed by atoms with Gasteiger partial charge in [-0.2, -0.15) is 14.0 Å². The average molecular weight is 217 g/mol. The Bertz CT molecular complexity index is 282. The Morgan fingerprint density at radius 3 is 1.93 bits per heavy atom. The van der Waals surface area contributed by atoms with Crippen LogP contribution in [0.2, 0.25) is 0 Å². The molecule has 76 valence electrons. The molecular weight excluding hydrogens is 208 g/mol. The summed E-state index contributed by atoms with van der Waals surface area (Å²) in [6.45, 7) is 3.42. The number of hydrogen-bond acceptors (Lipinski definition) is 4. The third kappa shape index (κ3) is 3.10. The van der Waals surface area contributed by atoms with E-state index in [1.54, 1.807) is 24.3 Å². The normalized spacial score (nSPS) is 19.4. The fourth-order valence-electron chi connectivity index (χ4n) is 0.978. The van der Waals surface area contributed by atoms with Crippen molar-refractivity contribution in [3.63, 3.8) is 0 Å². The number of allylic oxidation sites excluding steroid dienone is 4. The summed E-state index contributed by atoms with van der Waals surface area (Å²) in [6, 6.07) is 0. The van der Waals surface area contributed by atoms with Crippen molar-refractivity contribution in [3.05, 3.63) is 49.1 Å². The lowest BCUT2D eigenvalue weighted by Gasteiger charge is -2.21. The van der Waals surface area contributed by atoms with Gasteiger partial charge in [0.05, 0.1) is 14.5 Å². The Morgan fingerprint density at radius 2 is 1.57 bits per heavy atom. The van der Waals surface area contributed by atoms with Gasteiger partial charge in [-0.05, 0) is 18.2 Å². The molecule has 0 bridgehead atoms. The van der Waals surface area contributed by atoms with E-state index < -0.39 is 15.8 Å². The molecule has 0 N–H and O–H groups in total. The van der Waals surface area contributed by atoms with Crippen molar-refractivity contribution < 1.29 is 28.5 Å². The van der Waals surface area contributed by atoms with Crippen LogP contribution in [-0.4, -0.2) is 5.60 Å². The maximum Gasteiger partial charge on any atom is 0.278 e. The fraction of sp³-hybridized carbons (Fsp3) is 0.111. The van der Waals surface area contributed by atoms with Gasteiger partial charge in [0, 0.05) is 0 Å². The first-order valence-electron chi connectivity index (χ1n) is 3.76. The molecule has 5 heteroatoms. The van der Waals surface area contributed by atoms with Crippen LogP contribution in [0, 0.1) is 10.2 Å². The minimum atomic E-state index is -4.49. The molecule has 0 aromatic carbocycles. The zero-order chi connectivity index (χ0) is 10.7. The van der Waals surface area contributed by atoms with Crippen LogP contribution < -0.4 is 14.0 Å². The molecule has 0 aromatic rings. The molecule has 1 aliphatic rings. The summed E-state index contributed by atoms with van der Waals surface area (Å²) in [6.07, 6.45) is 10.6. The summed E-state index contributed by atoms with van der Waals surface area (Å²) in [5.74, 6) is 0. The quantitative estimate of drug-likeness (QED) is 0.539. The molecule has 1 aliphatic carbocycles. The first-order valence-corrected chi connectivity index (χ1v) is 5.00. The van der Waals surface area contributed by atoms with E-state index in [1.165, 1.54) is 18.2 Å². The standard InChI is InChI=1S/C9H9ClO4/c1-2-9(14-10(11,12)13)7-5-3-4-6-8-9/h2-8H,1H2. The monoisotopic (exact) mass is 216 g/mol. The summed E-state index contributed by atoms with van der Waals surface area (Å²) in [5, 5.41) is 0. The van der Waals surface area contributed by atoms with Crippen LogP contribution in [0.1, 0.15) is 0 Å². The first kappa shape index (κ1) is 11.2. The Hall–Kier alpha value is -0.910. The summed E-state index contributed by atoms with van der Waals surface area (Å²) in [5.41, 5.74) is -1.38. The highest BCUT2D eigenvalue weighted by molar-refractivity contribution is 5.31. The SMILES string of the molecule is C=CC1(O[Cl+3]([O-])([O-])[O-])C=CC=CC=C1. The molecule has 0 atom stereocenters. The van der Waals surface area contributed by atoms with E-state index in [0.717, 1.165) is 0 Å². The average Bonchev–Trinajstić information content (AvgIpc) is 2.28. The van der Waals surface area contributed by atoms with E-state index in [2.05, 4.69) is 10.9 Å². The van der Waals surface area contributed by atoms with Crippen molar-refractivity contribution in [1.82, 2.24) is 0 Å². The van der Waals surface area contributed by atoms with Gasteiger partial charge in [-0.3, -0.25) is 0 Å². The molecule has 0 heterocycles. The minimum Gasteiger partial charge on any atom is -0.183 e. The second kappa shape index (κ2) is 4.08. The molecule has 0 unspecified atom stereocenters. The van der Waals surface area contributed by atoms with Gasteiger partial charge in [-0.1, -0.05) is 30.9 Å². The molecule has 0 spiro atoms. The van der Waals surface area contributed by atoms with Crippen LogP contribution in [0.4, 0.5) is 0 Å². The van der Waals surface area contributed by atoms with E-state index in [4.69, 9.17) is 0 Å². The van der Waals surface area contributed by atoms with Crippen molar-refractivity contribution in [3.8, 4) is 0 Å². The van der Waals surface area contributed by atoms with E-state index in [1.807, 2.05) is 0 Å². The summed E-state index contributed by atoms with van der Waals surface area (Å²) in [7, 11) is -4.49. The van der Waals surface area contributed by atoms with Gasteiger partial charge in [-0.25, -0.2) is 0 Å². The van der Waals surface area contributed by atoms with Gasteiger partial charge in [0.25, 0.3) is 5.60 Å². The fourth-order valence-corrected chi connectivity index (χ4v) is 1.47. The minimum absolute atomic E-state index is 1.23. The molecule has 0 saturated carbocycles. The zero-order valence-electron chi connectivity index (χ0n) is 7.26. The van der Waals surface area contributed by atoms with E-state index in [0.29, 0.717) is 0 Å². The van der Waals surface area contributed by atoms with Crippen LogP contribution >= 0.6 is 0 Å². The van der Waals surface area contributed by atoms with Crippen LogP contribution in [-0.2, 0) is 4.29 Å². The third-order valence-electron chi connectivity index (χ3n) is 1.59. The maximum atomic E-state index is 10.4. The Balaban J connectivity index is 2.92. The van der Waals surface area contributed by atoms with E-state index in [9.17, 15) is 14.0 Å². The number of halogens is 1. The lowest BCUT2D eigenvalue weighted by Crippen LogP contribution is -2.63. The van der Waals surface area contributed by atoms with Gasteiger partial charge in [-0.15, -0.1) is 0 Å². The van der Waals surface area contributed by atoms with Gasteiger partial charge in [0.15, 0.2) is 0 Å². The second-order valence-electron chi connectivity index (χ2n) is 2.62. The maximum absolute atomic E-state index is 10.4. The highest BCUT2D eigenvalue weighted by Gasteiger charge is 2.38. The third-order valence-corrected chi connectivity index (χ3v) is 2.05. The zero-order valence-corrected chi connectivity index (χ0v) is 8.02. The van der Waals surface area contributed by atoms with Crippen molar-refractivity contribution in [2.24, 2.45) is 0 Å². The van der Waals surface area contributed by atoms with Crippen LogP contribution in [0.15, 0.2) is 49.1 Å². The predicted octanol–water partition coefficient (Wildman–Crippen LogP) is -1.49. The van der Waals surface area contributed by atoms with Gasteiger partial charge in [0.1, 0.15) is 0 Å². The molecule has 0 fully saturated rings. The van der Waals surface area contributed by atoms with E-state index >= 15 is 0 Å². The van der Waals surface area contributed by atoms with Gasteiger partial charge >= 0.3 is 0 Å². The lowest BCUT2D eigenvalue weighted by molar-refractivity contribution is -1.92. The van der Waals surface area contributed by atoms with Crippen molar-refractivity contribution in [2.75, 3.05) is 0 Å². The Kier molecular flexibility index (Phi) is 3.25. The van der Waals surface area contributed by atoms with Crippen LogP contribution in [0.3, 0.4) is 0 Å². The summed E-state index contributed by atoms with van der Waals surface area (Å²) < 4.78 is 35.7. The topological polar surface area (TPSA) is 78.4 Å². The van der Waals surface area contributed by atoms with Crippen molar-refractivity contribution in [1.29, 1.82) is 0 Å². The highest BCUT2D eigenvalue weighted by Crippen LogP contribution is 2.21. The number of rotatable bonds is 3. The molecule has 4 nitrogen and oxygen atoms in total. The van der Waals surface area contributed by atoms with E-state index in [-0.39, 0.29) is 0 Å². The van der Waals surface area contributed by atoms with Gasteiger partial charge in [0.2, 0.25) is 0 Å². The second-order valence-corrected chi connectivity index (χ2v) is 3.53. The van der Waals surface area contributed by atoms with Crippen molar-refractivity contribution in [2.45, 2.75) is 5.60 Å². The molecule has 0 aliphatic heterocycles. The van der Waals surface area contributed by atoms with Crippen LogP contribution in [0.5, 0.6) is 0 Å². The van der Waals surface area contributed by atoms with Gasteiger partial charge < -0.3 is 0 Å². The molecule has 14 heavy (non-hydrogen) atoms.